The molecule has 0 unspecified atom stereocenters. The molecule has 29 heteroatoms. The Morgan fingerprint density at radius 3 is 1.38 bits per heavy atom. The minimum Gasteiger partial charge on any atom is -0.508 e. The molecule has 0 aliphatic rings. The fraction of sp³-hybridized carbons (Fsp3) is 0.604. The smallest absolute Gasteiger partial charge is 0.326 e. The van der Waals surface area contributed by atoms with Crippen molar-refractivity contribution in [3.8, 4) is 5.75 Å². The quantitative estimate of drug-likeness (QED) is 0.0282. The van der Waals surface area contributed by atoms with Crippen molar-refractivity contribution < 1.29 is 82.8 Å². The Bertz CT molecular complexity index is 2250. The lowest BCUT2D eigenvalue weighted by Crippen LogP contribution is -2.60. The summed E-state index contributed by atoms with van der Waals surface area (Å²) in [4.78, 5) is 168. The molecular weight excluding hydrogens is 1020 g/mol. The van der Waals surface area contributed by atoms with Crippen LogP contribution < -0.4 is 65.5 Å². The number of aromatic hydroxyl groups is 1. The van der Waals surface area contributed by atoms with Crippen molar-refractivity contribution in [1.82, 2.24) is 42.5 Å². The topological polar surface area (TPSA) is 503 Å². The van der Waals surface area contributed by atoms with Gasteiger partial charge in [0.15, 0.2) is 0 Å². The summed E-state index contributed by atoms with van der Waals surface area (Å²) in [6.45, 7) is 8.00. The standard InChI is InChI=1S/C48H76N12O17/c1-23(2)20-32(58-41(69)28(50)8-6-7-19-49)45(73)54-29(13-16-35(51)62)43(71)59-34(22-38(66)67)47(75)56-31(15-18-37(64)65)42(70)53-25(5)40(68)57-33(21-26-9-11-27(61)12-10-26)46(74)55-30(14-17-36(52)63)44(72)60-39(24(3)4)48(76)77/h9-12,23-25,28-34,39,61H,6-8,13-22,49-50H2,1-5H3,(H2,51,62)(H2,52,63)(H,53,70)(H,54,73)(H,55,74)(H,56,75)(H,57,68)(H,58,69)(H,59,71)(H,60,72)(H,64,65)(H,66,67)(H,76,77)/t25-,28-,29-,30-,31-,32-,33-,34-,39-/m0/s1. The Hall–Kier alpha value is -7.95. The molecule has 0 spiro atoms. The maximum atomic E-state index is 13.9. The van der Waals surface area contributed by atoms with Crippen molar-refractivity contribution in [3.63, 3.8) is 0 Å². The number of nitrogens with one attached hydrogen (secondary N) is 8. The Balaban J connectivity index is 3.49. The van der Waals surface area contributed by atoms with Gasteiger partial charge in [-0.2, -0.15) is 0 Å². The van der Waals surface area contributed by atoms with Gasteiger partial charge in [0.25, 0.3) is 0 Å². The SMILES string of the molecule is CC(C)C[C@H](NC(=O)[C@@H](N)CCCCN)C(=O)N[C@@H](CCC(N)=O)C(=O)N[C@@H](CC(=O)O)C(=O)N[C@@H](CCC(=O)O)C(=O)N[C@@H](C)C(=O)N[C@@H](Cc1ccc(O)cc1)C(=O)N[C@@H](CCC(N)=O)C(=O)N[C@H](C(=O)O)C(C)C. The minimum atomic E-state index is -2.04. The molecule has 1 aromatic rings. The summed E-state index contributed by atoms with van der Waals surface area (Å²) >= 11 is 0. The van der Waals surface area contributed by atoms with E-state index in [1.165, 1.54) is 38.1 Å². The van der Waals surface area contributed by atoms with E-state index in [-0.39, 0.29) is 30.9 Å². The largest absolute Gasteiger partial charge is 0.508 e. The number of carbonyl (C=O) groups is 13. The number of rotatable bonds is 37. The lowest BCUT2D eigenvalue weighted by atomic mass is 10.0. The molecule has 10 amide bonds. The number of phenols is 1. The molecule has 430 valence electrons. The van der Waals surface area contributed by atoms with Crippen LogP contribution in [0, 0.1) is 11.8 Å². The van der Waals surface area contributed by atoms with Crippen LogP contribution in [-0.4, -0.2) is 158 Å². The van der Waals surface area contributed by atoms with Crippen LogP contribution in [0.15, 0.2) is 24.3 Å². The Labute approximate surface area is 444 Å². The molecule has 0 radical (unpaired) electrons. The second-order valence-corrected chi connectivity index (χ2v) is 19.1. The van der Waals surface area contributed by atoms with Crippen LogP contribution in [0.1, 0.15) is 111 Å². The summed E-state index contributed by atoms with van der Waals surface area (Å²) in [5.41, 5.74) is 22.5. The minimum absolute atomic E-state index is 0.0495. The number of carboxylic acid groups (broad SMARTS) is 3. The van der Waals surface area contributed by atoms with E-state index in [0.29, 0.717) is 24.9 Å². The third-order valence-electron chi connectivity index (χ3n) is 11.6. The summed E-state index contributed by atoms with van der Waals surface area (Å²) in [6.07, 6.45) is -3.35. The molecule has 0 aliphatic carbocycles. The number of hydrogen-bond acceptors (Lipinski definition) is 16. The van der Waals surface area contributed by atoms with Crippen LogP contribution in [0.5, 0.6) is 5.75 Å². The van der Waals surface area contributed by atoms with Gasteiger partial charge in [0, 0.05) is 25.7 Å². The first kappa shape index (κ1) is 67.1. The molecule has 9 atom stereocenters. The lowest BCUT2D eigenvalue weighted by molar-refractivity contribution is -0.144. The van der Waals surface area contributed by atoms with E-state index in [1.54, 1.807) is 13.8 Å². The number of benzene rings is 1. The van der Waals surface area contributed by atoms with Gasteiger partial charge in [-0.25, -0.2) is 4.79 Å². The molecule has 20 N–H and O–H groups in total. The number of carbonyl (C=O) groups excluding carboxylic acids is 10. The van der Waals surface area contributed by atoms with Crippen molar-refractivity contribution in [3.05, 3.63) is 29.8 Å². The van der Waals surface area contributed by atoms with Gasteiger partial charge in [-0.15, -0.1) is 0 Å². The van der Waals surface area contributed by atoms with Gasteiger partial charge in [-0.1, -0.05) is 46.2 Å². The summed E-state index contributed by atoms with van der Waals surface area (Å²) < 4.78 is 0. The fourth-order valence-electron chi connectivity index (χ4n) is 7.26. The molecular formula is C48H76N12O17. The molecule has 0 heterocycles. The van der Waals surface area contributed by atoms with Crippen LogP contribution in [0.25, 0.3) is 0 Å². The number of primary amides is 2. The second kappa shape index (κ2) is 33.9. The third-order valence-corrected chi connectivity index (χ3v) is 11.6. The Morgan fingerprint density at radius 1 is 0.494 bits per heavy atom. The van der Waals surface area contributed by atoms with Crippen LogP contribution >= 0.6 is 0 Å². The zero-order chi connectivity index (χ0) is 58.7. The number of aliphatic carboxylic acids is 3. The summed E-state index contributed by atoms with van der Waals surface area (Å²) in [7, 11) is 0. The first-order valence-corrected chi connectivity index (χ1v) is 24.8. The van der Waals surface area contributed by atoms with Crippen molar-refractivity contribution in [1.29, 1.82) is 0 Å². The van der Waals surface area contributed by atoms with Gasteiger partial charge in [0.2, 0.25) is 59.1 Å². The van der Waals surface area contributed by atoms with E-state index in [2.05, 4.69) is 42.5 Å². The van der Waals surface area contributed by atoms with Gasteiger partial charge in [0.1, 0.15) is 54.1 Å². The molecule has 1 rings (SSSR count). The van der Waals surface area contributed by atoms with E-state index < -0.39 is 182 Å². The van der Waals surface area contributed by atoms with Crippen LogP contribution in [0.4, 0.5) is 0 Å². The maximum Gasteiger partial charge on any atom is 0.326 e. The first-order valence-electron chi connectivity index (χ1n) is 24.8. The van der Waals surface area contributed by atoms with Crippen molar-refractivity contribution in [2.45, 2.75) is 166 Å². The molecule has 77 heavy (non-hydrogen) atoms. The Morgan fingerprint density at radius 2 is 0.922 bits per heavy atom. The first-order chi connectivity index (χ1) is 35.9. The molecule has 1 aromatic carbocycles. The van der Waals surface area contributed by atoms with E-state index in [1.807, 2.05) is 0 Å². The second-order valence-electron chi connectivity index (χ2n) is 19.1. The highest BCUT2D eigenvalue weighted by atomic mass is 16.4. The molecule has 29 nitrogen and oxygen atoms in total. The molecule has 0 saturated heterocycles. The molecule has 0 bridgehead atoms. The number of hydrogen-bond donors (Lipinski definition) is 16. The van der Waals surface area contributed by atoms with E-state index >= 15 is 0 Å². The monoisotopic (exact) mass is 1090 g/mol. The van der Waals surface area contributed by atoms with Gasteiger partial charge in [-0.05, 0) is 81.5 Å². The molecule has 0 fully saturated rings. The average molecular weight is 1090 g/mol. The van der Waals surface area contributed by atoms with E-state index in [0.717, 1.165) is 6.92 Å². The predicted molar refractivity (Wildman–Crippen MR) is 272 cm³/mol. The van der Waals surface area contributed by atoms with E-state index in [9.17, 15) is 82.8 Å². The van der Waals surface area contributed by atoms with Gasteiger partial charge < -0.3 is 85.9 Å². The normalized spacial score (nSPS) is 14.6. The number of carboxylic acids is 3. The zero-order valence-electron chi connectivity index (χ0n) is 43.8. The highest BCUT2D eigenvalue weighted by Gasteiger charge is 2.36. The van der Waals surface area contributed by atoms with Crippen LogP contribution in [0.3, 0.4) is 0 Å². The van der Waals surface area contributed by atoms with Crippen molar-refractivity contribution >= 4 is 77.0 Å². The molecule has 0 saturated carbocycles. The average Bonchev–Trinajstić information content (AvgIpc) is 3.33. The number of nitrogens with two attached hydrogens (primary N) is 4. The predicted octanol–water partition coefficient (Wildman–Crippen LogP) is -4.05. The van der Waals surface area contributed by atoms with Gasteiger partial charge in [0.05, 0.1) is 12.5 Å². The molecule has 0 aromatic heterocycles. The Kier molecular flexibility index (Phi) is 29.5. The summed E-state index contributed by atoms with van der Waals surface area (Å²) in [5.74, 6) is -15.8. The van der Waals surface area contributed by atoms with Gasteiger partial charge in [-0.3, -0.25) is 57.5 Å². The summed E-state index contributed by atoms with van der Waals surface area (Å²) in [5, 5.41) is 57.4. The number of amides is 10. The van der Waals surface area contributed by atoms with E-state index in [4.69, 9.17) is 22.9 Å². The highest BCUT2D eigenvalue weighted by molar-refractivity contribution is 5.99. The van der Waals surface area contributed by atoms with Crippen LogP contribution in [0.2, 0.25) is 0 Å². The highest BCUT2D eigenvalue weighted by Crippen LogP contribution is 2.14. The van der Waals surface area contributed by atoms with Crippen molar-refractivity contribution in [2.24, 2.45) is 34.8 Å². The third kappa shape index (κ3) is 26.4. The summed E-state index contributed by atoms with van der Waals surface area (Å²) in [6, 6.07) is -8.70. The fourth-order valence-corrected chi connectivity index (χ4v) is 7.26. The van der Waals surface area contributed by atoms with Crippen molar-refractivity contribution in [2.75, 3.05) is 6.54 Å². The number of unbranched alkanes of at least 4 members (excludes halogenated alkanes) is 1. The lowest BCUT2D eigenvalue weighted by Gasteiger charge is -2.27. The molecule has 0 aliphatic heterocycles. The van der Waals surface area contributed by atoms with Crippen LogP contribution in [-0.2, 0) is 68.7 Å². The zero-order valence-corrected chi connectivity index (χ0v) is 43.8. The maximum absolute atomic E-state index is 13.9. The van der Waals surface area contributed by atoms with Gasteiger partial charge >= 0.3 is 17.9 Å². The number of phenolic OH excluding ortho intramolecular Hbond substituents is 1.